The van der Waals surface area contributed by atoms with Crippen LogP contribution in [-0.4, -0.2) is 30.6 Å². The van der Waals surface area contributed by atoms with Crippen LogP contribution in [0, 0.1) is 6.92 Å². The molecule has 78 valence electrons. The van der Waals surface area contributed by atoms with Gasteiger partial charge >= 0.3 is 0 Å². The molecule has 1 aromatic heterocycles. The smallest absolute Gasteiger partial charge is 0.0245 e. The second-order valence-corrected chi connectivity index (χ2v) is 5.20. The Morgan fingerprint density at radius 2 is 2.50 bits per heavy atom. The van der Waals surface area contributed by atoms with Crippen molar-refractivity contribution in [3.05, 3.63) is 21.9 Å². The van der Waals surface area contributed by atoms with Crippen molar-refractivity contribution < 1.29 is 0 Å². The van der Waals surface area contributed by atoms with Gasteiger partial charge in [-0.25, -0.2) is 0 Å². The summed E-state index contributed by atoms with van der Waals surface area (Å²) < 4.78 is 0. The maximum Gasteiger partial charge on any atom is 0.0245 e. The molecule has 0 bridgehead atoms. The molecular weight excluding hydrogens is 192 g/mol. The average Bonchev–Trinajstić information content (AvgIpc) is 2.56. The highest BCUT2D eigenvalue weighted by Crippen LogP contribution is 2.16. The van der Waals surface area contributed by atoms with Crippen LogP contribution >= 0.6 is 11.3 Å². The van der Waals surface area contributed by atoms with Crippen LogP contribution in [0.2, 0.25) is 0 Å². The Kier molecular flexibility index (Phi) is 3.21. The molecule has 2 rings (SSSR count). The fourth-order valence-electron chi connectivity index (χ4n) is 1.93. The number of rotatable bonds is 2. The molecule has 0 radical (unpaired) electrons. The molecule has 0 unspecified atom stereocenters. The molecule has 2 heterocycles. The summed E-state index contributed by atoms with van der Waals surface area (Å²) in [6, 6.07) is 2.98. The van der Waals surface area contributed by atoms with Crippen molar-refractivity contribution in [3.8, 4) is 0 Å². The Morgan fingerprint density at radius 3 is 3.14 bits per heavy atom. The molecule has 1 saturated heterocycles. The van der Waals surface area contributed by atoms with E-state index in [1.54, 1.807) is 0 Å². The van der Waals surface area contributed by atoms with E-state index in [0.717, 1.165) is 19.6 Å². The maximum absolute atomic E-state index is 3.42. The molecule has 1 N–H and O–H groups in total. The molecule has 0 amide bonds. The van der Waals surface area contributed by atoms with Crippen LogP contribution in [0.15, 0.2) is 11.4 Å². The van der Waals surface area contributed by atoms with Crippen LogP contribution in [0.1, 0.15) is 17.4 Å². The van der Waals surface area contributed by atoms with Gasteiger partial charge in [0, 0.05) is 37.1 Å². The van der Waals surface area contributed by atoms with Gasteiger partial charge < -0.3 is 5.32 Å². The van der Waals surface area contributed by atoms with E-state index >= 15 is 0 Å². The van der Waals surface area contributed by atoms with E-state index in [4.69, 9.17) is 0 Å². The Morgan fingerprint density at radius 1 is 1.64 bits per heavy atom. The van der Waals surface area contributed by atoms with Crippen LogP contribution in [0.4, 0.5) is 0 Å². The lowest BCUT2D eigenvalue weighted by molar-refractivity contribution is 0.166. The summed E-state index contributed by atoms with van der Waals surface area (Å²) in [6.45, 7) is 9.03. The second kappa shape index (κ2) is 4.43. The van der Waals surface area contributed by atoms with E-state index < -0.39 is 0 Å². The van der Waals surface area contributed by atoms with Crippen molar-refractivity contribution in [2.75, 3.05) is 19.6 Å². The molecule has 1 aromatic rings. The zero-order valence-corrected chi connectivity index (χ0v) is 9.73. The summed E-state index contributed by atoms with van der Waals surface area (Å²) in [4.78, 5) is 3.97. The molecule has 0 aliphatic carbocycles. The first-order chi connectivity index (χ1) is 6.75. The number of hydrogen-bond donors (Lipinski definition) is 1. The minimum absolute atomic E-state index is 0.670. The van der Waals surface area contributed by atoms with Gasteiger partial charge in [0.05, 0.1) is 0 Å². The molecule has 1 fully saturated rings. The third-order valence-electron chi connectivity index (χ3n) is 2.81. The molecule has 1 atom stereocenters. The molecule has 3 heteroatoms. The van der Waals surface area contributed by atoms with E-state index in [1.807, 2.05) is 11.3 Å². The molecule has 1 aliphatic heterocycles. The van der Waals surface area contributed by atoms with E-state index in [0.29, 0.717) is 6.04 Å². The van der Waals surface area contributed by atoms with E-state index in [2.05, 4.69) is 35.5 Å². The van der Waals surface area contributed by atoms with Crippen molar-refractivity contribution in [2.24, 2.45) is 0 Å². The first kappa shape index (κ1) is 10.1. The van der Waals surface area contributed by atoms with Gasteiger partial charge in [-0.05, 0) is 30.9 Å². The van der Waals surface area contributed by atoms with E-state index in [9.17, 15) is 0 Å². The fourth-order valence-corrected chi connectivity index (χ4v) is 2.63. The monoisotopic (exact) mass is 210 g/mol. The SMILES string of the molecule is Cc1cc(CN2CCNC[C@H]2C)cs1. The minimum Gasteiger partial charge on any atom is -0.314 e. The summed E-state index contributed by atoms with van der Waals surface area (Å²) in [5.41, 5.74) is 1.47. The molecule has 0 aromatic carbocycles. The van der Waals surface area contributed by atoms with Crippen molar-refractivity contribution in [2.45, 2.75) is 26.4 Å². The third kappa shape index (κ3) is 2.35. The summed E-state index contributed by atoms with van der Waals surface area (Å²) in [7, 11) is 0. The summed E-state index contributed by atoms with van der Waals surface area (Å²) in [6.07, 6.45) is 0. The van der Waals surface area contributed by atoms with Crippen LogP contribution in [-0.2, 0) is 6.54 Å². The Labute approximate surface area is 89.9 Å². The fraction of sp³-hybridized carbons (Fsp3) is 0.636. The van der Waals surface area contributed by atoms with Gasteiger partial charge in [-0.1, -0.05) is 0 Å². The molecule has 0 saturated carbocycles. The Balaban J connectivity index is 1.95. The van der Waals surface area contributed by atoms with Crippen molar-refractivity contribution in [3.63, 3.8) is 0 Å². The molecule has 2 nitrogen and oxygen atoms in total. The lowest BCUT2D eigenvalue weighted by Crippen LogP contribution is -2.49. The molecular formula is C11H18N2S. The largest absolute Gasteiger partial charge is 0.314 e. The zero-order chi connectivity index (χ0) is 9.97. The summed E-state index contributed by atoms with van der Waals surface area (Å²) >= 11 is 1.85. The van der Waals surface area contributed by atoms with Gasteiger partial charge in [0.2, 0.25) is 0 Å². The number of thiophene rings is 1. The maximum atomic E-state index is 3.42. The summed E-state index contributed by atoms with van der Waals surface area (Å²) in [5, 5.41) is 5.70. The number of nitrogens with zero attached hydrogens (tertiary/aromatic N) is 1. The Bertz CT molecular complexity index is 295. The van der Waals surface area contributed by atoms with Crippen LogP contribution in [0.5, 0.6) is 0 Å². The lowest BCUT2D eigenvalue weighted by atomic mass is 10.2. The van der Waals surface area contributed by atoms with Crippen LogP contribution in [0.3, 0.4) is 0 Å². The molecule has 14 heavy (non-hydrogen) atoms. The first-order valence-corrected chi connectivity index (χ1v) is 6.12. The highest BCUT2D eigenvalue weighted by Gasteiger charge is 2.17. The van der Waals surface area contributed by atoms with Crippen molar-refractivity contribution in [1.82, 2.24) is 10.2 Å². The number of nitrogens with one attached hydrogen (secondary N) is 1. The van der Waals surface area contributed by atoms with E-state index in [-0.39, 0.29) is 0 Å². The highest BCUT2D eigenvalue weighted by molar-refractivity contribution is 7.10. The minimum atomic E-state index is 0.670. The third-order valence-corrected chi connectivity index (χ3v) is 3.72. The zero-order valence-electron chi connectivity index (χ0n) is 8.92. The molecule has 0 spiro atoms. The predicted octanol–water partition coefficient (Wildman–Crippen LogP) is 1.85. The average molecular weight is 210 g/mol. The van der Waals surface area contributed by atoms with Crippen LogP contribution in [0.25, 0.3) is 0 Å². The van der Waals surface area contributed by atoms with Gasteiger partial charge in [-0.15, -0.1) is 11.3 Å². The van der Waals surface area contributed by atoms with Gasteiger partial charge in [0.15, 0.2) is 0 Å². The van der Waals surface area contributed by atoms with Crippen LogP contribution < -0.4 is 5.32 Å². The first-order valence-electron chi connectivity index (χ1n) is 5.24. The van der Waals surface area contributed by atoms with Crippen molar-refractivity contribution in [1.29, 1.82) is 0 Å². The normalized spacial score (nSPS) is 24.0. The highest BCUT2D eigenvalue weighted by atomic mass is 32.1. The predicted molar refractivity (Wildman–Crippen MR) is 61.8 cm³/mol. The Hall–Kier alpha value is -0.380. The standard InChI is InChI=1S/C11H18N2S/c1-9-6-12-3-4-13(9)7-11-5-10(2)14-8-11/h5,8-9,12H,3-4,6-7H2,1-2H3/t9-/m1/s1. The van der Waals surface area contributed by atoms with E-state index in [1.165, 1.54) is 17.0 Å². The van der Waals surface area contributed by atoms with Gasteiger partial charge in [-0.3, -0.25) is 4.90 Å². The lowest BCUT2D eigenvalue weighted by Gasteiger charge is -2.33. The number of aryl methyl sites for hydroxylation is 1. The van der Waals surface area contributed by atoms with Gasteiger partial charge in [0.1, 0.15) is 0 Å². The van der Waals surface area contributed by atoms with Gasteiger partial charge in [-0.2, -0.15) is 0 Å². The topological polar surface area (TPSA) is 15.3 Å². The number of piperazine rings is 1. The number of hydrogen-bond acceptors (Lipinski definition) is 3. The van der Waals surface area contributed by atoms with Crippen molar-refractivity contribution >= 4 is 11.3 Å². The quantitative estimate of drug-likeness (QED) is 0.801. The van der Waals surface area contributed by atoms with Gasteiger partial charge in [0.25, 0.3) is 0 Å². The second-order valence-electron chi connectivity index (χ2n) is 4.09. The summed E-state index contributed by atoms with van der Waals surface area (Å²) in [5.74, 6) is 0. The molecule has 1 aliphatic rings.